The maximum Gasteiger partial charge on any atom is 0.343 e. The largest absolute Gasteiger partial charge is 0.481 e. The Bertz CT molecular complexity index is 786. The smallest absolute Gasteiger partial charge is 0.343 e. The molecule has 2 N–H and O–H groups in total. The number of hydrogen-bond acceptors (Lipinski definition) is 5. The molecule has 2 aromatic carbocycles. The minimum absolute atomic E-state index is 0.0138. The van der Waals surface area contributed by atoms with E-state index in [1.54, 1.807) is 12.1 Å². The number of carbonyl (C=O) groups is 2. The third kappa shape index (κ3) is 3.74. The molecule has 1 unspecified atom stereocenters. The quantitative estimate of drug-likeness (QED) is 0.787. The molecule has 0 radical (unpaired) electrons. The molecule has 132 valence electrons. The summed E-state index contributed by atoms with van der Waals surface area (Å²) in [7, 11) is 1.32. The molecule has 1 fully saturated rings. The number of esters is 1. The first-order valence-corrected chi connectivity index (χ1v) is 8.33. The molecule has 1 aliphatic rings. The molecule has 3 rings (SSSR count). The topological polar surface area (TPSA) is 76.7 Å². The normalized spacial score (nSPS) is 15.3. The van der Waals surface area contributed by atoms with Crippen LogP contribution in [0.15, 0.2) is 36.4 Å². The van der Waals surface area contributed by atoms with Gasteiger partial charge in [0.2, 0.25) is 5.91 Å². The minimum atomic E-state index is -0.440. The lowest BCUT2D eigenvalue weighted by molar-refractivity contribution is -0.142. The van der Waals surface area contributed by atoms with E-state index in [2.05, 4.69) is 15.4 Å². The van der Waals surface area contributed by atoms with Crippen molar-refractivity contribution in [3.8, 4) is 5.75 Å². The van der Waals surface area contributed by atoms with Crippen LogP contribution in [-0.4, -0.2) is 38.7 Å². The van der Waals surface area contributed by atoms with Gasteiger partial charge >= 0.3 is 5.97 Å². The van der Waals surface area contributed by atoms with E-state index in [9.17, 15) is 9.59 Å². The van der Waals surface area contributed by atoms with E-state index < -0.39 is 5.97 Å². The van der Waals surface area contributed by atoms with E-state index in [0.717, 1.165) is 29.5 Å². The van der Waals surface area contributed by atoms with Crippen molar-refractivity contribution >= 4 is 28.3 Å². The van der Waals surface area contributed by atoms with Crippen LogP contribution in [0.4, 0.5) is 5.69 Å². The Labute approximate surface area is 146 Å². The van der Waals surface area contributed by atoms with Crippen LogP contribution in [0.5, 0.6) is 5.75 Å². The molecule has 2 aromatic rings. The molecule has 6 heteroatoms. The lowest BCUT2D eigenvalue weighted by Crippen LogP contribution is -2.48. The number of nitrogens with one attached hydrogen (secondary N) is 2. The van der Waals surface area contributed by atoms with Crippen molar-refractivity contribution in [1.29, 1.82) is 0 Å². The summed E-state index contributed by atoms with van der Waals surface area (Å²) in [5.41, 5.74) is 0.741. The van der Waals surface area contributed by atoms with Gasteiger partial charge in [-0.3, -0.25) is 4.79 Å². The summed E-state index contributed by atoms with van der Waals surface area (Å²) < 4.78 is 10.1. The molecule has 1 atom stereocenters. The van der Waals surface area contributed by atoms with Gasteiger partial charge in [-0.2, -0.15) is 0 Å². The predicted molar refractivity (Wildman–Crippen MR) is 95.6 cm³/mol. The highest BCUT2D eigenvalue weighted by atomic mass is 16.6. The maximum atomic E-state index is 12.5. The summed E-state index contributed by atoms with van der Waals surface area (Å²) in [6.45, 7) is 3.57. The number of amides is 1. The number of hydrogen-bond donors (Lipinski definition) is 2. The van der Waals surface area contributed by atoms with Gasteiger partial charge in [0.1, 0.15) is 5.75 Å². The summed E-state index contributed by atoms with van der Waals surface area (Å²) >= 11 is 0. The monoisotopic (exact) mass is 342 g/mol. The minimum Gasteiger partial charge on any atom is -0.481 e. The molecule has 1 heterocycles. The number of fused-ring (bicyclic) bond motifs is 1. The average Bonchev–Trinajstić information content (AvgIpc) is 2.59. The zero-order valence-corrected chi connectivity index (χ0v) is 14.4. The average molecular weight is 342 g/mol. The molecule has 0 aromatic heterocycles. The molecule has 1 saturated heterocycles. The van der Waals surface area contributed by atoms with E-state index in [4.69, 9.17) is 4.74 Å². The lowest BCUT2D eigenvalue weighted by atomic mass is 9.88. The fourth-order valence-corrected chi connectivity index (χ4v) is 2.83. The molecule has 1 aliphatic heterocycles. The number of anilines is 1. The summed E-state index contributed by atoms with van der Waals surface area (Å²) in [5.74, 6) is 0.490. The van der Waals surface area contributed by atoms with Crippen LogP contribution < -0.4 is 15.4 Å². The third-order valence-electron chi connectivity index (χ3n) is 4.65. The summed E-state index contributed by atoms with van der Waals surface area (Å²) in [4.78, 5) is 23.8. The number of methoxy groups -OCH3 is 1. The summed E-state index contributed by atoms with van der Waals surface area (Å²) in [5, 5.41) is 7.92. The first kappa shape index (κ1) is 17.2. The van der Waals surface area contributed by atoms with Gasteiger partial charge in [0.25, 0.3) is 0 Å². The zero-order chi connectivity index (χ0) is 17.8. The Hall–Kier alpha value is -2.60. The highest BCUT2D eigenvalue weighted by molar-refractivity contribution is 6.04. The number of ether oxygens (including phenoxy) is 2. The highest BCUT2D eigenvalue weighted by Gasteiger charge is 2.28. The van der Waals surface area contributed by atoms with Crippen molar-refractivity contribution in [2.24, 2.45) is 11.8 Å². The molecular weight excluding hydrogens is 320 g/mol. The van der Waals surface area contributed by atoms with Crippen LogP contribution in [0.3, 0.4) is 0 Å². The molecular formula is C19H22N2O4. The standard InChI is InChI=1S/C19H22N2O4/c1-12(13-9-20-10-13)19(23)21-16-7-8-17(25-11-18(22)24-2)15-6-4-3-5-14(15)16/h3-8,12-13,20H,9-11H2,1-2H3,(H,21,23). The van der Waals surface area contributed by atoms with E-state index in [1.165, 1.54) is 7.11 Å². The lowest BCUT2D eigenvalue weighted by Gasteiger charge is -2.31. The van der Waals surface area contributed by atoms with Gasteiger partial charge in [0.15, 0.2) is 6.61 Å². The predicted octanol–water partition coefficient (Wildman–Crippen LogP) is 2.19. The van der Waals surface area contributed by atoms with Crippen molar-refractivity contribution in [2.45, 2.75) is 6.92 Å². The number of benzene rings is 2. The van der Waals surface area contributed by atoms with Crippen LogP contribution >= 0.6 is 0 Å². The van der Waals surface area contributed by atoms with Gasteiger partial charge in [-0.15, -0.1) is 0 Å². The number of rotatable bonds is 6. The highest BCUT2D eigenvalue weighted by Crippen LogP contribution is 2.32. The van der Waals surface area contributed by atoms with Gasteiger partial charge in [0.05, 0.1) is 7.11 Å². The molecule has 0 saturated carbocycles. The van der Waals surface area contributed by atoms with Crippen molar-refractivity contribution < 1.29 is 19.1 Å². The van der Waals surface area contributed by atoms with Crippen LogP contribution in [0.1, 0.15) is 6.92 Å². The zero-order valence-electron chi connectivity index (χ0n) is 14.4. The van der Waals surface area contributed by atoms with Gasteiger partial charge in [-0.1, -0.05) is 31.2 Å². The Kier molecular flexibility index (Phi) is 5.19. The van der Waals surface area contributed by atoms with E-state index >= 15 is 0 Å². The SMILES string of the molecule is COC(=O)COc1ccc(NC(=O)C(C)C2CNC2)c2ccccc12. The second-order valence-corrected chi connectivity index (χ2v) is 6.22. The van der Waals surface area contributed by atoms with Gasteiger partial charge in [-0.05, 0) is 31.1 Å². The second-order valence-electron chi connectivity index (χ2n) is 6.22. The molecule has 1 amide bonds. The van der Waals surface area contributed by atoms with Gasteiger partial charge in [-0.25, -0.2) is 4.79 Å². The summed E-state index contributed by atoms with van der Waals surface area (Å²) in [6.07, 6.45) is 0. The Morgan fingerprint density at radius 3 is 2.56 bits per heavy atom. The van der Waals surface area contributed by atoms with E-state index in [0.29, 0.717) is 11.7 Å². The van der Waals surface area contributed by atoms with Gasteiger partial charge in [0, 0.05) is 22.4 Å². The maximum absolute atomic E-state index is 12.5. The fraction of sp³-hybridized carbons (Fsp3) is 0.368. The molecule has 6 nitrogen and oxygen atoms in total. The van der Waals surface area contributed by atoms with Crippen molar-refractivity contribution in [3.05, 3.63) is 36.4 Å². The Morgan fingerprint density at radius 2 is 1.92 bits per heavy atom. The Morgan fingerprint density at radius 1 is 1.20 bits per heavy atom. The molecule has 25 heavy (non-hydrogen) atoms. The van der Waals surface area contributed by atoms with Crippen LogP contribution in [-0.2, 0) is 14.3 Å². The summed E-state index contributed by atoms with van der Waals surface area (Å²) in [6, 6.07) is 11.2. The first-order valence-electron chi connectivity index (χ1n) is 8.33. The molecule has 0 aliphatic carbocycles. The fourth-order valence-electron chi connectivity index (χ4n) is 2.83. The molecule has 0 spiro atoms. The second kappa shape index (κ2) is 7.53. The number of carbonyl (C=O) groups excluding carboxylic acids is 2. The van der Waals surface area contributed by atoms with Gasteiger partial charge < -0.3 is 20.1 Å². The molecule has 0 bridgehead atoms. The van der Waals surface area contributed by atoms with Crippen LogP contribution in [0, 0.1) is 11.8 Å². The van der Waals surface area contributed by atoms with Crippen LogP contribution in [0.25, 0.3) is 10.8 Å². The third-order valence-corrected chi connectivity index (χ3v) is 4.65. The van der Waals surface area contributed by atoms with Crippen molar-refractivity contribution in [2.75, 3.05) is 32.1 Å². The van der Waals surface area contributed by atoms with E-state index in [1.807, 2.05) is 31.2 Å². The van der Waals surface area contributed by atoms with Crippen molar-refractivity contribution in [1.82, 2.24) is 5.32 Å². The Balaban J connectivity index is 1.82. The van der Waals surface area contributed by atoms with E-state index in [-0.39, 0.29) is 18.4 Å². The first-order chi connectivity index (χ1) is 12.1. The van der Waals surface area contributed by atoms with Crippen LogP contribution in [0.2, 0.25) is 0 Å². The van der Waals surface area contributed by atoms with Crippen molar-refractivity contribution in [3.63, 3.8) is 0 Å².